The summed E-state index contributed by atoms with van der Waals surface area (Å²) in [6.07, 6.45) is -0.471. The molecule has 1 atom stereocenters. The van der Waals surface area contributed by atoms with Crippen LogP contribution in [0.1, 0.15) is 24.2 Å². The second-order valence-electron chi connectivity index (χ2n) is 4.16. The first-order valence-electron chi connectivity index (χ1n) is 5.80. The molecule has 0 aliphatic rings. The Labute approximate surface area is 115 Å². The van der Waals surface area contributed by atoms with Crippen LogP contribution in [0.2, 0.25) is 0 Å². The lowest BCUT2D eigenvalue weighted by Gasteiger charge is -2.09. The van der Waals surface area contributed by atoms with Gasteiger partial charge in [-0.2, -0.15) is 0 Å². The third-order valence-corrected chi connectivity index (χ3v) is 3.19. The fourth-order valence-corrected chi connectivity index (χ4v) is 1.88. The van der Waals surface area contributed by atoms with Crippen molar-refractivity contribution < 1.29 is 9.84 Å². The quantitative estimate of drug-likeness (QED) is 0.922. The summed E-state index contributed by atoms with van der Waals surface area (Å²) in [5.74, 6) is 0.774. The first-order chi connectivity index (χ1) is 8.65. The van der Waals surface area contributed by atoms with E-state index in [0.717, 1.165) is 21.3 Å². The van der Waals surface area contributed by atoms with Crippen LogP contribution in [0.5, 0.6) is 5.75 Å². The molecule has 2 aromatic carbocycles. The number of rotatable bonds is 4. The first kappa shape index (κ1) is 13.1. The summed E-state index contributed by atoms with van der Waals surface area (Å²) in [4.78, 5) is 0. The van der Waals surface area contributed by atoms with Gasteiger partial charge in [-0.3, -0.25) is 0 Å². The second kappa shape index (κ2) is 6.03. The standard InChI is InChI=1S/C15H15BrO2/c1-11(17)13-3-2-4-15(9-13)18-10-12-5-7-14(16)8-6-12/h2-9,11,17H,10H2,1H3. The summed E-state index contributed by atoms with van der Waals surface area (Å²) in [6.45, 7) is 2.27. The lowest BCUT2D eigenvalue weighted by molar-refractivity contribution is 0.198. The topological polar surface area (TPSA) is 29.5 Å². The van der Waals surface area contributed by atoms with Gasteiger partial charge in [0.1, 0.15) is 12.4 Å². The van der Waals surface area contributed by atoms with Gasteiger partial charge in [-0.1, -0.05) is 40.2 Å². The summed E-state index contributed by atoms with van der Waals surface area (Å²) in [7, 11) is 0. The Morgan fingerprint density at radius 2 is 1.89 bits per heavy atom. The van der Waals surface area contributed by atoms with Gasteiger partial charge < -0.3 is 9.84 Å². The highest BCUT2D eigenvalue weighted by Gasteiger charge is 2.02. The van der Waals surface area contributed by atoms with Crippen molar-refractivity contribution in [1.82, 2.24) is 0 Å². The van der Waals surface area contributed by atoms with E-state index in [1.165, 1.54) is 0 Å². The molecule has 2 nitrogen and oxygen atoms in total. The lowest BCUT2D eigenvalue weighted by atomic mass is 10.1. The maximum atomic E-state index is 9.50. The molecule has 94 valence electrons. The molecule has 3 heteroatoms. The largest absolute Gasteiger partial charge is 0.489 e. The van der Waals surface area contributed by atoms with Crippen molar-refractivity contribution in [3.8, 4) is 5.75 Å². The van der Waals surface area contributed by atoms with E-state index in [1.54, 1.807) is 6.92 Å². The molecule has 2 aromatic rings. The number of halogens is 1. The van der Waals surface area contributed by atoms with Crippen LogP contribution in [-0.4, -0.2) is 5.11 Å². The minimum atomic E-state index is -0.471. The average Bonchev–Trinajstić information content (AvgIpc) is 2.38. The van der Waals surface area contributed by atoms with Gasteiger partial charge >= 0.3 is 0 Å². The molecule has 0 aromatic heterocycles. The summed E-state index contributed by atoms with van der Waals surface area (Å²) < 4.78 is 6.75. The van der Waals surface area contributed by atoms with Crippen LogP contribution in [0, 0.1) is 0 Å². The molecule has 0 amide bonds. The minimum Gasteiger partial charge on any atom is -0.489 e. The van der Waals surface area contributed by atoms with Crippen LogP contribution in [-0.2, 0) is 6.61 Å². The number of aliphatic hydroxyl groups excluding tert-OH is 1. The van der Waals surface area contributed by atoms with Crippen LogP contribution in [0.3, 0.4) is 0 Å². The average molecular weight is 307 g/mol. The van der Waals surface area contributed by atoms with Gasteiger partial charge in [-0.25, -0.2) is 0 Å². The summed E-state index contributed by atoms with van der Waals surface area (Å²) in [5, 5.41) is 9.50. The Kier molecular flexibility index (Phi) is 4.39. The van der Waals surface area contributed by atoms with Gasteiger partial charge in [0.05, 0.1) is 6.10 Å². The smallest absolute Gasteiger partial charge is 0.120 e. The van der Waals surface area contributed by atoms with E-state index in [2.05, 4.69) is 15.9 Å². The van der Waals surface area contributed by atoms with Crippen LogP contribution < -0.4 is 4.74 Å². The number of hydrogen-bond donors (Lipinski definition) is 1. The fourth-order valence-electron chi connectivity index (χ4n) is 1.61. The zero-order valence-corrected chi connectivity index (χ0v) is 11.7. The van der Waals surface area contributed by atoms with E-state index < -0.39 is 6.10 Å². The molecule has 1 unspecified atom stereocenters. The van der Waals surface area contributed by atoms with Gasteiger partial charge in [0.2, 0.25) is 0 Å². The van der Waals surface area contributed by atoms with Gasteiger partial charge in [-0.15, -0.1) is 0 Å². The van der Waals surface area contributed by atoms with Crippen LogP contribution in [0.4, 0.5) is 0 Å². The Bertz CT molecular complexity index is 506. The Hall–Kier alpha value is -1.32. The molecule has 0 spiro atoms. The number of aliphatic hydroxyl groups is 1. The van der Waals surface area contributed by atoms with E-state index in [9.17, 15) is 5.11 Å². The molecule has 2 rings (SSSR count). The molecule has 1 N–H and O–H groups in total. The summed E-state index contributed by atoms with van der Waals surface area (Å²) in [6, 6.07) is 15.5. The predicted molar refractivity (Wildman–Crippen MR) is 75.5 cm³/mol. The van der Waals surface area contributed by atoms with Crippen molar-refractivity contribution in [3.63, 3.8) is 0 Å². The van der Waals surface area contributed by atoms with Crippen LogP contribution >= 0.6 is 15.9 Å². The Morgan fingerprint density at radius 1 is 1.17 bits per heavy atom. The van der Waals surface area contributed by atoms with Gasteiger partial charge in [-0.05, 0) is 42.3 Å². The monoisotopic (exact) mass is 306 g/mol. The third-order valence-electron chi connectivity index (χ3n) is 2.66. The third kappa shape index (κ3) is 3.59. The maximum Gasteiger partial charge on any atom is 0.120 e. The summed E-state index contributed by atoms with van der Waals surface area (Å²) in [5.41, 5.74) is 1.98. The first-order valence-corrected chi connectivity index (χ1v) is 6.60. The van der Waals surface area contributed by atoms with E-state index >= 15 is 0 Å². The molecule has 0 saturated carbocycles. The molecule has 0 bridgehead atoms. The molecular formula is C15H15BrO2. The molecule has 0 radical (unpaired) electrons. The molecule has 18 heavy (non-hydrogen) atoms. The van der Waals surface area contributed by atoms with E-state index in [0.29, 0.717) is 6.61 Å². The van der Waals surface area contributed by atoms with Gasteiger partial charge in [0.25, 0.3) is 0 Å². The summed E-state index contributed by atoms with van der Waals surface area (Å²) >= 11 is 3.40. The number of ether oxygens (including phenoxy) is 1. The van der Waals surface area contributed by atoms with Gasteiger partial charge in [0, 0.05) is 4.47 Å². The van der Waals surface area contributed by atoms with Crippen LogP contribution in [0.25, 0.3) is 0 Å². The lowest BCUT2D eigenvalue weighted by Crippen LogP contribution is -1.97. The van der Waals surface area contributed by atoms with E-state index in [-0.39, 0.29) is 0 Å². The van der Waals surface area contributed by atoms with Crippen molar-refractivity contribution in [1.29, 1.82) is 0 Å². The second-order valence-corrected chi connectivity index (χ2v) is 5.08. The Balaban J connectivity index is 2.01. The predicted octanol–water partition coefficient (Wildman–Crippen LogP) is 4.08. The van der Waals surface area contributed by atoms with E-state index in [1.807, 2.05) is 48.5 Å². The highest BCUT2D eigenvalue weighted by atomic mass is 79.9. The van der Waals surface area contributed by atoms with Crippen molar-refractivity contribution in [3.05, 3.63) is 64.1 Å². The number of benzene rings is 2. The molecule has 0 fully saturated rings. The zero-order valence-electron chi connectivity index (χ0n) is 10.1. The highest BCUT2D eigenvalue weighted by molar-refractivity contribution is 9.10. The van der Waals surface area contributed by atoms with Crippen molar-refractivity contribution in [2.75, 3.05) is 0 Å². The van der Waals surface area contributed by atoms with Crippen molar-refractivity contribution >= 4 is 15.9 Å². The van der Waals surface area contributed by atoms with Crippen molar-refractivity contribution in [2.45, 2.75) is 19.6 Å². The van der Waals surface area contributed by atoms with Crippen LogP contribution in [0.15, 0.2) is 53.0 Å². The zero-order chi connectivity index (χ0) is 13.0. The maximum absolute atomic E-state index is 9.50. The van der Waals surface area contributed by atoms with Gasteiger partial charge in [0.15, 0.2) is 0 Å². The highest BCUT2D eigenvalue weighted by Crippen LogP contribution is 2.20. The minimum absolute atomic E-state index is 0.471. The fraction of sp³-hybridized carbons (Fsp3) is 0.200. The molecule has 0 heterocycles. The Morgan fingerprint density at radius 3 is 2.56 bits per heavy atom. The van der Waals surface area contributed by atoms with E-state index in [4.69, 9.17) is 4.74 Å². The molecule has 0 aliphatic heterocycles. The SMILES string of the molecule is CC(O)c1cccc(OCc2ccc(Br)cc2)c1. The molecular weight excluding hydrogens is 292 g/mol. The normalized spacial score (nSPS) is 12.2. The van der Waals surface area contributed by atoms with Crippen molar-refractivity contribution in [2.24, 2.45) is 0 Å². The molecule has 0 aliphatic carbocycles. The number of hydrogen-bond acceptors (Lipinski definition) is 2. The molecule has 0 saturated heterocycles.